The molecule has 110 valence electrons. The van der Waals surface area contributed by atoms with Crippen molar-refractivity contribution in [2.75, 3.05) is 19.8 Å². The van der Waals surface area contributed by atoms with Crippen molar-refractivity contribution in [3.63, 3.8) is 0 Å². The summed E-state index contributed by atoms with van der Waals surface area (Å²) in [6.45, 7) is 8.22. The van der Waals surface area contributed by atoms with E-state index in [0.29, 0.717) is 32.6 Å². The van der Waals surface area contributed by atoms with E-state index in [1.54, 1.807) is 6.08 Å². The fourth-order valence-corrected chi connectivity index (χ4v) is 1.52. The highest BCUT2D eigenvalue weighted by Crippen LogP contribution is 2.12. The molecule has 0 saturated heterocycles. The molecule has 0 spiro atoms. The molecule has 0 bridgehead atoms. The van der Waals surface area contributed by atoms with Gasteiger partial charge in [-0.3, -0.25) is 0 Å². The number of hydrogen-bond acceptors (Lipinski definition) is 3. The second kappa shape index (κ2) is 9.38. The molecule has 0 aromatic heterocycles. The number of ether oxygens (including phenoxy) is 1. The quantitative estimate of drug-likeness (QED) is 0.415. The number of carbonyl (C=O) groups excluding carboxylic acids is 1. The summed E-state index contributed by atoms with van der Waals surface area (Å²) < 4.78 is 5.22. The van der Waals surface area contributed by atoms with Gasteiger partial charge in [-0.2, -0.15) is 0 Å². The minimum atomic E-state index is -1.23. The highest BCUT2D eigenvalue weighted by molar-refractivity contribution is 5.85. The number of carbonyl (C=O) groups is 2. The fourth-order valence-electron chi connectivity index (χ4n) is 1.52. The summed E-state index contributed by atoms with van der Waals surface area (Å²) in [7, 11) is 0. The molecule has 0 heterocycles. The Kier molecular flexibility index (Phi) is 8.61. The zero-order chi connectivity index (χ0) is 14.7. The molecule has 0 aliphatic rings. The van der Waals surface area contributed by atoms with Crippen LogP contribution in [0.1, 0.15) is 33.1 Å². The van der Waals surface area contributed by atoms with Gasteiger partial charge in [0.2, 0.25) is 0 Å². The van der Waals surface area contributed by atoms with Crippen molar-refractivity contribution in [3.8, 4) is 0 Å². The van der Waals surface area contributed by atoms with E-state index < -0.39 is 17.5 Å². The maximum atomic E-state index is 11.6. The van der Waals surface area contributed by atoms with Gasteiger partial charge >= 0.3 is 12.0 Å². The van der Waals surface area contributed by atoms with E-state index >= 15 is 0 Å². The first-order valence-corrected chi connectivity index (χ1v) is 6.44. The summed E-state index contributed by atoms with van der Waals surface area (Å²) in [4.78, 5) is 22.7. The largest absolute Gasteiger partial charge is 0.480 e. The van der Waals surface area contributed by atoms with E-state index in [1.165, 1.54) is 6.92 Å². The number of amides is 2. The van der Waals surface area contributed by atoms with Crippen LogP contribution in [-0.4, -0.2) is 42.4 Å². The van der Waals surface area contributed by atoms with Crippen LogP contribution >= 0.6 is 0 Å². The van der Waals surface area contributed by atoms with Gasteiger partial charge in [0.15, 0.2) is 0 Å². The lowest BCUT2D eigenvalue weighted by molar-refractivity contribution is -0.144. The van der Waals surface area contributed by atoms with Gasteiger partial charge in [0.25, 0.3) is 0 Å². The van der Waals surface area contributed by atoms with Gasteiger partial charge in [0, 0.05) is 6.54 Å². The lowest BCUT2D eigenvalue weighted by Gasteiger charge is -2.25. The molecule has 0 aromatic rings. The maximum absolute atomic E-state index is 11.6. The molecule has 1 unspecified atom stereocenters. The van der Waals surface area contributed by atoms with Crippen molar-refractivity contribution in [2.45, 2.75) is 38.6 Å². The standard InChI is InChI=1S/C13H24N2O4/c1-4-6-9-19-10-8-14-12(18)15-13(3,7-5-2)11(16)17/h4H,1,5-10H2,2-3H3,(H,16,17)(H2,14,15,18). The second-order valence-electron chi connectivity index (χ2n) is 4.46. The van der Waals surface area contributed by atoms with E-state index in [1.807, 2.05) is 6.92 Å². The first kappa shape index (κ1) is 17.4. The van der Waals surface area contributed by atoms with Crippen LogP contribution in [0.4, 0.5) is 4.79 Å². The summed E-state index contributed by atoms with van der Waals surface area (Å²) in [5, 5.41) is 14.1. The van der Waals surface area contributed by atoms with Gasteiger partial charge in [-0.05, 0) is 19.8 Å². The van der Waals surface area contributed by atoms with Gasteiger partial charge < -0.3 is 20.5 Å². The predicted molar refractivity (Wildman–Crippen MR) is 73.1 cm³/mol. The van der Waals surface area contributed by atoms with Gasteiger partial charge in [0.1, 0.15) is 5.54 Å². The molecule has 19 heavy (non-hydrogen) atoms. The first-order chi connectivity index (χ1) is 8.96. The van der Waals surface area contributed by atoms with Crippen LogP contribution in [0.25, 0.3) is 0 Å². The third-order valence-electron chi connectivity index (χ3n) is 2.61. The minimum Gasteiger partial charge on any atom is -0.480 e. The van der Waals surface area contributed by atoms with Crippen molar-refractivity contribution in [2.24, 2.45) is 0 Å². The molecule has 3 N–H and O–H groups in total. The Morgan fingerprint density at radius 3 is 2.63 bits per heavy atom. The SMILES string of the molecule is C=CCCOCCNC(=O)NC(C)(CCC)C(=O)O. The zero-order valence-electron chi connectivity index (χ0n) is 11.7. The minimum absolute atomic E-state index is 0.338. The molecular formula is C13H24N2O4. The van der Waals surface area contributed by atoms with E-state index in [4.69, 9.17) is 9.84 Å². The monoisotopic (exact) mass is 272 g/mol. The number of carboxylic acids is 1. The molecular weight excluding hydrogens is 248 g/mol. The zero-order valence-corrected chi connectivity index (χ0v) is 11.7. The summed E-state index contributed by atoms with van der Waals surface area (Å²) in [5.41, 5.74) is -1.23. The third kappa shape index (κ3) is 7.46. The molecule has 0 aromatic carbocycles. The van der Waals surface area contributed by atoms with E-state index in [2.05, 4.69) is 17.2 Å². The number of hydrogen-bond donors (Lipinski definition) is 3. The normalized spacial score (nSPS) is 13.4. The van der Waals surface area contributed by atoms with Crippen LogP contribution in [0.2, 0.25) is 0 Å². The number of rotatable bonds is 10. The molecule has 0 fully saturated rings. The van der Waals surface area contributed by atoms with Crippen molar-refractivity contribution in [3.05, 3.63) is 12.7 Å². The van der Waals surface area contributed by atoms with Crippen molar-refractivity contribution >= 4 is 12.0 Å². The summed E-state index contributed by atoms with van der Waals surface area (Å²) in [6.07, 6.45) is 3.57. The summed E-state index contributed by atoms with van der Waals surface area (Å²) >= 11 is 0. The maximum Gasteiger partial charge on any atom is 0.329 e. The third-order valence-corrected chi connectivity index (χ3v) is 2.61. The Balaban J connectivity index is 3.94. The van der Waals surface area contributed by atoms with Crippen LogP contribution in [-0.2, 0) is 9.53 Å². The molecule has 0 saturated carbocycles. The van der Waals surface area contributed by atoms with Crippen molar-refractivity contribution < 1.29 is 19.4 Å². The van der Waals surface area contributed by atoms with E-state index in [9.17, 15) is 9.59 Å². The smallest absolute Gasteiger partial charge is 0.329 e. The Morgan fingerprint density at radius 1 is 1.42 bits per heavy atom. The highest BCUT2D eigenvalue weighted by atomic mass is 16.5. The number of carboxylic acid groups (broad SMARTS) is 1. The van der Waals surface area contributed by atoms with Crippen LogP contribution in [0, 0.1) is 0 Å². The number of aliphatic carboxylic acids is 1. The number of urea groups is 1. The molecule has 6 nitrogen and oxygen atoms in total. The lowest BCUT2D eigenvalue weighted by Crippen LogP contribution is -2.55. The average molecular weight is 272 g/mol. The molecule has 0 rings (SSSR count). The van der Waals surface area contributed by atoms with Crippen molar-refractivity contribution in [1.29, 1.82) is 0 Å². The van der Waals surface area contributed by atoms with Gasteiger partial charge in [0.05, 0.1) is 13.2 Å². The van der Waals surface area contributed by atoms with E-state index in [-0.39, 0.29) is 0 Å². The number of nitrogens with one attached hydrogen (secondary N) is 2. The van der Waals surface area contributed by atoms with E-state index in [0.717, 1.165) is 6.42 Å². The van der Waals surface area contributed by atoms with Gasteiger partial charge in [-0.1, -0.05) is 19.4 Å². The second-order valence-corrected chi connectivity index (χ2v) is 4.46. The van der Waals surface area contributed by atoms with Crippen molar-refractivity contribution in [1.82, 2.24) is 10.6 Å². The van der Waals surface area contributed by atoms with Gasteiger partial charge in [-0.25, -0.2) is 9.59 Å². The van der Waals surface area contributed by atoms with Crippen LogP contribution in [0.5, 0.6) is 0 Å². The Morgan fingerprint density at radius 2 is 2.11 bits per heavy atom. The Labute approximate surface area is 114 Å². The molecule has 6 heteroatoms. The predicted octanol–water partition coefficient (Wildman–Crippen LogP) is 1.52. The Bertz CT molecular complexity index is 307. The highest BCUT2D eigenvalue weighted by Gasteiger charge is 2.33. The van der Waals surface area contributed by atoms with Gasteiger partial charge in [-0.15, -0.1) is 6.58 Å². The molecule has 0 aliphatic carbocycles. The first-order valence-electron chi connectivity index (χ1n) is 6.44. The lowest BCUT2D eigenvalue weighted by atomic mass is 9.97. The summed E-state index contributed by atoms with van der Waals surface area (Å²) in [6, 6.07) is -0.495. The molecule has 2 amide bonds. The topological polar surface area (TPSA) is 87.7 Å². The van der Waals surface area contributed by atoms with Crippen LogP contribution < -0.4 is 10.6 Å². The molecule has 0 aliphatic heterocycles. The van der Waals surface area contributed by atoms with Crippen LogP contribution in [0.3, 0.4) is 0 Å². The average Bonchev–Trinajstić information content (AvgIpc) is 2.33. The van der Waals surface area contributed by atoms with Crippen LogP contribution in [0.15, 0.2) is 12.7 Å². The Hall–Kier alpha value is -1.56. The summed E-state index contributed by atoms with van der Waals surface area (Å²) in [5.74, 6) is -1.04. The fraction of sp³-hybridized carbons (Fsp3) is 0.692. The molecule has 1 atom stereocenters. The molecule has 0 radical (unpaired) electrons.